The number of ether oxygens (including phenoxy) is 2. The van der Waals surface area contributed by atoms with Crippen LogP contribution in [0.25, 0.3) is 16.9 Å². The molecule has 43 heavy (non-hydrogen) atoms. The number of fused-ring (bicyclic) bond motifs is 3. The highest BCUT2D eigenvalue weighted by Gasteiger charge is 2.61. The molecule has 3 heterocycles. The van der Waals surface area contributed by atoms with Crippen LogP contribution < -0.4 is 0 Å². The van der Waals surface area contributed by atoms with Gasteiger partial charge >= 0.3 is 10.2 Å². The zero-order valence-corrected chi connectivity index (χ0v) is 25.3. The molecular formula is C32H34N6O4S. The Balaban J connectivity index is 1.44. The molecule has 0 N–H and O–H groups in total. The minimum atomic E-state index is -3.98. The van der Waals surface area contributed by atoms with Gasteiger partial charge in [-0.3, -0.25) is 0 Å². The summed E-state index contributed by atoms with van der Waals surface area (Å²) in [7, 11) is -0.931. The molecule has 10 nitrogen and oxygen atoms in total. The summed E-state index contributed by atoms with van der Waals surface area (Å²) < 4.78 is 44.4. The smallest absolute Gasteiger partial charge is 0.323 e. The molecule has 2 fully saturated rings. The van der Waals surface area contributed by atoms with Crippen molar-refractivity contribution in [2.45, 2.75) is 43.8 Å². The summed E-state index contributed by atoms with van der Waals surface area (Å²) >= 11 is 0. The zero-order chi connectivity index (χ0) is 30.0. The van der Waals surface area contributed by atoms with Gasteiger partial charge in [-0.1, -0.05) is 37.3 Å². The molecule has 222 valence electrons. The zero-order valence-electron chi connectivity index (χ0n) is 24.5. The van der Waals surface area contributed by atoms with Crippen LogP contribution in [0.2, 0.25) is 0 Å². The van der Waals surface area contributed by atoms with Crippen molar-refractivity contribution in [3.63, 3.8) is 0 Å². The first-order valence-electron chi connectivity index (χ1n) is 14.7. The SMILES string of the molecule is C[C@H]1[C@@H]2CCc3c(nn(S(=O)(=O)N(C)C)c3-c3cnn(-c4ccc(C#N)cc4)c3)[C@@]2(c2ccccc2)CCC12OCCO2. The van der Waals surface area contributed by atoms with Crippen LogP contribution >= 0.6 is 0 Å². The lowest BCUT2D eigenvalue weighted by Crippen LogP contribution is -2.56. The highest BCUT2D eigenvalue weighted by molar-refractivity contribution is 7.87. The van der Waals surface area contributed by atoms with Gasteiger partial charge in [0, 0.05) is 49.2 Å². The van der Waals surface area contributed by atoms with Crippen LogP contribution in [0.15, 0.2) is 67.0 Å². The van der Waals surface area contributed by atoms with Crippen LogP contribution in [-0.2, 0) is 31.5 Å². The first-order valence-corrected chi connectivity index (χ1v) is 16.1. The molecule has 7 rings (SSSR count). The third-order valence-electron chi connectivity index (χ3n) is 9.74. The molecule has 2 aliphatic carbocycles. The van der Waals surface area contributed by atoms with E-state index in [1.165, 1.54) is 22.5 Å². The van der Waals surface area contributed by atoms with Gasteiger partial charge in [0.25, 0.3) is 0 Å². The lowest BCUT2D eigenvalue weighted by molar-refractivity contribution is -0.232. The average Bonchev–Trinajstić information content (AvgIpc) is 3.79. The van der Waals surface area contributed by atoms with Gasteiger partial charge in [-0.15, -0.1) is 4.09 Å². The number of nitriles is 1. The molecule has 11 heteroatoms. The van der Waals surface area contributed by atoms with Gasteiger partial charge < -0.3 is 9.47 Å². The molecule has 0 bridgehead atoms. The van der Waals surface area contributed by atoms with Crippen LogP contribution in [0.1, 0.15) is 48.6 Å². The largest absolute Gasteiger partial charge is 0.347 e. The third-order valence-corrected chi connectivity index (χ3v) is 11.4. The molecule has 3 aliphatic rings. The van der Waals surface area contributed by atoms with E-state index in [0.717, 1.165) is 35.3 Å². The van der Waals surface area contributed by atoms with Crippen molar-refractivity contribution in [2.75, 3.05) is 27.3 Å². The Labute approximate surface area is 251 Å². The second-order valence-electron chi connectivity index (χ2n) is 11.9. The molecule has 3 atom stereocenters. The Hall–Kier alpha value is -3.82. The summed E-state index contributed by atoms with van der Waals surface area (Å²) in [5.41, 5.74) is 4.88. The monoisotopic (exact) mass is 598 g/mol. The molecule has 0 unspecified atom stereocenters. The summed E-state index contributed by atoms with van der Waals surface area (Å²) in [4.78, 5) is 0. The van der Waals surface area contributed by atoms with Crippen molar-refractivity contribution >= 4 is 10.2 Å². The van der Waals surface area contributed by atoms with E-state index < -0.39 is 21.4 Å². The van der Waals surface area contributed by atoms with Crippen LogP contribution in [0.4, 0.5) is 0 Å². The number of rotatable bonds is 5. The fourth-order valence-corrected chi connectivity index (χ4v) is 8.56. The fourth-order valence-electron chi connectivity index (χ4n) is 7.62. The Morgan fingerprint density at radius 2 is 1.77 bits per heavy atom. The van der Waals surface area contributed by atoms with Crippen molar-refractivity contribution in [3.05, 3.63) is 89.4 Å². The topological polar surface area (TPSA) is 115 Å². The fraction of sp³-hybridized carbons (Fsp3) is 0.406. The number of benzene rings is 2. The lowest BCUT2D eigenvalue weighted by atomic mass is 9.52. The molecular weight excluding hydrogens is 564 g/mol. The van der Waals surface area contributed by atoms with Gasteiger partial charge in [-0.05, 0) is 55.0 Å². The second kappa shape index (κ2) is 10.1. The Morgan fingerprint density at radius 3 is 2.44 bits per heavy atom. The molecule has 0 radical (unpaired) electrons. The van der Waals surface area contributed by atoms with Crippen molar-refractivity contribution in [1.29, 1.82) is 5.26 Å². The molecule has 1 spiro atoms. The molecule has 0 amide bonds. The van der Waals surface area contributed by atoms with Crippen molar-refractivity contribution < 1.29 is 17.9 Å². The van der Waals surface area contributed by atoms with Gasteiger partial charge in [-0.25, -0.2) is 4.68 Å². The maximum Gasteiger partial charge on any atom is 0.323 e. The van der Waals surface area contributed by atoms with Gasteiger partial charge in [0.1, 0.15) is 0 Å². The molecule has 4 aromatic rings. The second-order valence-corrected chi connectivity index (χ2v) is 13.9. The lowest BCUT2D eigenvalue weighted by Gasteiger charge is -2.55. The minimum Gasteiger partial charge on any atom is -0.347 e. The maximum absolute atomic E-state index is 13.9. The molecule has 1 saturated carbocycles. The number of hydrogen-bond donors (Lipinski definition) is 0. The van der Waals surface area contributed by atoms with Gasteiger partial charge in [-0.2, -0.15) is 28.2 Å². The van der Waals surface area contributed by atoms with Crippen LogP contribution in [0, 0.1) is 23.2 Å². The van der Waals surface area contributed by atoms with Gasteiger partial charge in [0.2, 0.25) is 0 Å². The van der Waals surface area contributed by atoms with Crippen LogP contribution in [-0.4, -0.2) is 64.8 Å². The Bertz CT molecular complexity index is 1820. The average molecular weight is 599 g/mol. The van der Waals surface area contributed by atoms with E-state index in [-0.39, 0.29) is 11.8 Å². The predicted octanol–water partition coefficient (Wildman–Crippen LogP) is 4.28. The van der Waals surface area contributed by atoms with E-state index in [0.29, 0.717) is 42.9 Å². The van der Waals surface area contributed by atoms with E-state index in [2.05, 4.69) is 30.2 Å². The van der Waals surface area contributed by atoms with Crippen LogP contribution in [0.3, 0.4) is 0 Å². The highest BCUT2D eigenvalue weighted by Crippen LogP contribution is 2.60. The van der Waals surface area contributed by atoms with E-state index in [1.54, 1.807) is 23.0 Å². The Kier molecular flexibility index (Phi) is 6.59. The first-order chi connectivity index (χ1) is 20.7. The van der Waals surface area contributed by atoms with Crippen molar-refractivity contribution in [1.82, 2.24) is 23.3 Å². The highest BCUT2D eigenvalue weighted by atomic mass is 32.2. The minimum absolute atomic E-state index is 0.0790. The van der Waals surface area contributed by atoms with E-state index in [9.17, 15) is 13.7 Å². The predicted molar refractivity (Wildman–Crippen MR) is 160 cm³/mol. The van der Waals surface area contributed by atoms with E-state index >= 15 is 0 Å². The maximum atomic E-state index is 13.9. The molecule has 2 aromatic carbocycles. The Morgan fingerprint density at radius 1 is 1.05 bits per heavy atom. The molecule has 1 saturated heterocycles. The van der Waals surface area contributed by atoms with E-state index in [4.69, 9.17) is 14.6 Å². The van der Waals surface area contributed by atoms with Crippen LogP contribution in [0.5, 0.6) is 0 Å². The summed E-state index contributed by atoms with van der Waals surface area (Å²) in [6.07, 6.45) is 6.44. The summed E-state index contributed by atoms with van der Waals surface area (Å²) in [6.45, 7) is 3.39. The number of nitrogens with zero attached hydrogens (tertiary/aromatic N) is 6. The number of hydrogen-bond acceptors (Lipinski definition) is 7. The van der Waals surface area contributed by atoms with Crippen molar-refractivity contribution in [2.24, 2.45) is 11.8 Å². The summed E-state index contributed by atoms with van der Waals surface area (Å²) in [5.74, 6) is -0.409. The summed E-state index contributed by atoms with van der Waals surface area (Å²) in [6, 6.07) is 19.6. The van der Waals surface area contributed by atoms with Crippen molar-refractivity contribution in [3.8, 4) is 23.0 Å². The first kappa shape index (κ1) is 28.0. The van der Waals surface area contributed by atoms with E-state index in [1.807, 2.05) is 36.5 Å². The quantitative estimate of drug-likeness (QED) is 0.337. The summed E-state index contributed by atoms with van der Waals surface area (Å²) in [5, 5.41) is 18.8. The van der Waals surface area contributed by atoms with Gasteiger partial charge in [0.15, 0.2) is 5.79 Å². The molecule has 2 aromatic heterocycles. The van der Waals surface area contributed by atoms with Gasteiger partial charge in [0.05, 0.1) is 48.1 Å². The molecule has 1 aliphatic heterocycles. The number of aromatic nitrogens is 4. The standard InChI is InChI=1S/C32H34N6O4S/c1-22-28-14-13-27-29(24-20-34-37(21-24)26-11-9-23(19-33)10-12-26)38(43(39,40)36(2)3)35-30(27)31(28,25-7-5-4-6-8-25)15-16-32(22)41-17-18-42-32/h4-12,20-22,28H,13-18H2,1-3H3/t22-,28-,31+/m0/s1. The normalized spacial score (nSPS) is 24.5. The third kappa shape index (κ3) is 4.12.